The van der Waals surface area contributed by atoms with E-state index in [0.29, 0.717) is 11.7 Å². The molecule has 2 aliphatic rings. The number of ketones is 1. The van der Waals surface area contributed by atoms with Crippen molar-refractivity contribution in [3.8, 4) is 0 Å². The Morgan fingerprint density at radius 3 is 2.48 bits per heavy atom. The molecule has 0 bridgehead atoms. The Balaban J connectivity index is 0.000000357. The summed E-state index contributed by atoms with van der Waals surface area (Å²) in [6, 6.07) is 6.93. The van der Waals surface area contributed by atoms with E-state index in [-0.39, 0.29) is 17.6 Å². The van der Waals surface area contributed by atoms with Gasteiger partial charge in [0.2, 0.25) is 0 Å². The largest absolute Gasteiger partial charge is 0.481 e. The van der Waals surface area contributed by atoms with Crippen LogP contribution in [-0.2, 0) is 14.3 Å². The number of thioether (sulfide) groups is 1. The fraction of sp³-hybridized carbons (Fsp3) is 0.435. The molecule has 168 valence electrons. The highest BCUT2D eigenvalue weighted by molar-refractivity contribution is 7.98. The predicted octanol–water partition coefficient (Wildman–Crippen LogP) is 3.41. The minimum absolute atomic E-state index is 0.0396. The quantitative estimate of drug-likeness (QED) is 0.449. The number of hydrogen-bond acceptors (Lipinski definition) is 6. The van der Waals surface area contributed by atoms with Crippen molar-refractivity contribution in [3.63, 3.8) is 0 Å². The van der Waals surface area contributed by atoms with Gasteiger partial charge in [-0.05, 0) is 38.2 Å². The van der Waals surface area contributed by atoms with Crippen LogP contribution in [0.5, 0.6) is 0 Å². The number of carboxylic acid groups (broad SMARTS) is 2. The Labute approximate surface area is 186 Å². The summed E-state index contributed by atoms with van der Waals surface area (Å²) in [6.07, 6.45) is 5.92. The topological polar surface area (TPSA) is 113 Å². The highest BCUT2D eigenvalue weighted by Gasteiger charge is 2.38. The van der Waals surface area contributed by atoms with Crippen LogP contribution in [0, 0.1) is 5.41 Å². The van der Waals surface area contributed by atoms with Crippen LogP contribution in [0.2, 0.25) is 0 Å². The summed E-state index contributed by atoms with van der Waals surface area (Å²) >= 11 is 1.39. The third kappa shape index (κ3) is 6.29. The van der Waals surface area contributed by atoms with Crippen LogP contribution < -0.4 is 5.32 Å². The lowest BCUT2D eigenvalue weighted by molar-refractivity contribution is -0.145. The molecular formula is C23H29NO6S. The van der Waals surface area contributed by atoms with Gasteiger partial charge in [-0.15, -0.1) is 11.8 Å². The molecular weight excluding hydrogens is 418 g/mol. The molecule has 1 fully saturated rings. The van der Waals surface area contributed by atoms with E-state index in [4.69, 9.17) is 4.74 Å². The lowest BCUT2D eigenvalue weighted by Gasteiger charge is -2.26. The first-order valence-electron chi connectivity index (χ1n) is 10.1. The smallest absolute Gasteiger partial charge is 0.332 e. The highest BCUT2D eigenvalue weighted by Crippen LogP contribution is 2.36. The molecule has 1 aliphatic carbocycles. The first-order chi connectivity index (χ1) is 14.7. The van der Waals surface area contributed by atoms with Gasteiger partial charge in [0.1, 0.15) is 0 Å². The number of ether oxygens (including phenoxy) is 1. The van der Waals surface area contributed by atoms with E-state index in [2.05, 4.69) is 12.2 Å². The Morgan fingerprint density at radius 1 is 1.26 bits per heavy atom. The molecule has 1 heterocycles. The van der Waals surface area contributed by atoms with E-state index in [1.807, 2.05) is 6.26 Å². The fourth-order valence-electron chi connectivity index (χ4n) is 3.30. The molecule has 1 saturated heterocycles. The summed E-state index contributed by atoms with van der Waals surface area (Å²) < 4.78 is 5.36. The number of carbonyl (C=O) groups is 3. The first-order valence-corrected chi connectivity index (χ1v) is 11.3. The fourth-order valence-corrected chi connectivity index (χ4v) is 3.89. The maximum atomic E-state index is 12.7. The van der Waals surface area contributed by atoms with Gasteiger partial charge in [0.25, 0.3) is 0 Å². The standard InChI is InChI=1S/C17H16O5S.C6H13NO/c1-17(16(21)22)8-7-10(12(9-17)15(19)20)14(18)11-5-3-4-6-13(11)23-2;1-2-6-5-7-3-4-8-6/h3-8H,9H2,1-2H3,(H,19,20)(H,21,22);6-7H,2-5H2,1H3. The second-order valence-electron chi connectivity index (χ2n) is 7.56. The molecule has 31 heavy (non-hydrogen) atoms. The van der Waals surface area contributed by atoms with Crippen LogP contribution in [0.3, 0.4) is 0 Å². The number of carboxylic acids is 2. The first kappa shape index (κ1) is 24.8. The zero-order valence-corrected chi connectivity index (χ0v) is 18.8. The van der Waals surface area contributed by atoms with Gasteiger partial charge in [-0.25, -0.2) is 4.79 Å². The third-order valence-electron chi connectivity index (χ3n) is 5.29. The number of rotatable bonds is 6. The van der Waals surface area contributed by atoms with Crippen LogP contribution in [0.4, 0.5) is 0 Å². The van der Waals surface area contributed by atoms with E-state index < -0.39 is 23.1 Å². The molecule has 0 saturated carbocycles. The number of nitrogens with one attached hydrogen (secondary N) is 1. The average molecular weight is 448 g/mol. The summed E-state index contributed by atoms with van der Waals surface area (Å²) in [5, 5.41) is 21.9. The van der Waals surface area contributed by atoms with Crippen LogP contribution >= 0.6 is 11.8 Å². The zero-order chi connectivity index (χ0) is 23.0. The number of allylic oxidation sites excluding steroid dienone is 2. The molecule has 3 rings (SSSR count). The van der Waals surface area contributed by atoms with E-state index in [1.54, 1.807) is 24.3 Å². The van der Waals surface area contributed by atoms with Gasteiger partial charge in [-0.1, -0.05) is 31.2 Å². The Bertz CT molecular complexity index is 888. The van der Waals surface area contributed by atoms with Crippen molar-refractivity contribution in [2.24, 2.45) is 5.41 Å². The molecule has 0 aromatic heterocycles. The van der Waals surface area contributed by atoms with Crippen molar-refractivity contribution >= 4 is 29.5 Å². The summed E-state index contributed by atoms with van der Waals surface area (Å²) in [4.78, 5) is 36.3. The average Bonchev–Trinajstić information content (AvgIpc) is 2.79. The minimum atomic E-state index is -1.32. The molecule has 0 amide bonds. The Hall–Kier alpha value is -2.42. The maximum Gasteiger partial charge on any atom is 0.332 e. The van der Waals surface area contributed by atoms with Crippen molar-refractivity contribution < 1.29 is 29.3 Å². The van der Waals surface area contributed by atoms with Crippen molar-refractivity contribution in [1.29, 1.82) is 0 Å². The third-order valence-corrected chi connectivity index (χ3v) is 6.09. The van der Waals surface area contributed by atoms with Crippen molar-refractivity contribution in [2.75, 3.05) is 26.0 Å². The molecule has 2 unspecified atom stereocenters. The summed E-state index contributed by atoms with van der Waals surface area (Å²) in [6.45, 7) is 6.54. The van der Waals surface area contributed by atoms with Crippen LogP contribution in [0.15, 0.2) is 52.5 Å². The number of benzene rings is 1. The Morgan fingerprint density at radius 2 is 1.97 bits per heavy atom. The molecule has 7 nitrogen and oxygen atoms in total. The number of aliphatic carboxylic acids is 2. The zero-order valence-electron chi connectivity index (χ0n) is 18.0. The second-order valence-corrected chi connectivity index (χ2v) is 8.41. The van der Waals surface area contributed by atoms with Gasteiger partial charge < -0.3 is 20.3 Å². The number of morpholine rings is 1. The SMILES string of the molecule is CCC1CNCCO1.CSc1ccccc1C(=O)C1=C(C(=O)O)CC(C)(C(=O)O)C=C1. The van der Waals surface area contributed by atoms with Crippen LogP contribution in [0.25, 0.3) is 0 Å². The highest BCUT2D eigenvalue weighted by atomic mass is 32.2. The van der Waals surface area contributed by atoms with Crippen molar-refractivity contribution in [2.45, 2.75) is 37.7 Å². The van der Waals surface area contributed by atoms with E-state index in [0.717, 1.165) is 31.0 Å². The predicted molar refractivity (Wildman–Crippen MR) is 120 cm³/mol. The molecule has 2 atom stereocenters. The van der Waals surface area contributed by atoms with E-state index >= 15 is 0 Å². The second kappa shape index (κ2) is 11.3. The van der Waals surface area contributed by atoms with Gasteiger partial charge >= 0.3 is 11.9 Å². The molecule has 1 aliphatic heterocycles. The minimum Gasteiger partial charge on any atom is -0.481 e. The van der Waals surface area contributed by atoms with Crippen LogP contribution in [0.1, 0.15) is 37.0 Å². The number of carbonyl (C=O) groups excluding carboxylic acids is 1. The van der Waals surface area contributed by atoms with Crippen molar-refractivity contribution in [1.82, 2.24) is 5.32 Å². The maximum absolute atomic E-state index is 12.7. The van der Waals surface area contributed by atoms with Gasteiger partial charge in [0.15, 0.2) is 5.78 Å². The summed E-state index contributed by atoms with van der Waals surface area (Å²) in [7, 11) is 0. The van der Waals surface area contributed by atoms with E-state index in [1.165, 1.54) is 30.8 Å². The molecule has 3 N–H and O–H groups in total. The summed E-state index contributed by atoms with van der Waals surface area (Å²) in [5.41, 5.74) is -1.04. The Kier molecular flexibility index (Phi) is 9.03. The summed E-state index contributed by atoms with van der Waals surface area (Å²) in [5.74, 6) is -2.80. The van der Waals surface area contributed by atoms with Gasteiger partial charge in [0.05, 0.1) is 18.1 Å². The molecule has 1 aromatic rings. The number of Topliss-reactive ketones (excluding diaryl/α,β-unsaturated/α-hetero) is 1. The normalized spacial score (nSPS) is 23.0. The lowest BCUT2D eigenvalue weighted by atomic mass is 9.76. The lowest BCUT2D eigenvalue weighted by Crippen LogP contribution is -2.37. The monoisotopic (exact) mass is 447 g/mol. The number of hydrogen-bond donors (Lipinski definition) is 3. The van der Waals surface area contributed by atoms with E-state index in [9.17, 15) is 24.6 Å². The van der Waals surface area contributed by atoms with Gasteiger partial charge in [-0.2, -0.15) is 0 Å². The molecule has 1 aromatic carbocycles. The van der Waals surface area contributed by atoms with Gasteiger partial charge in [0, 0.05) is 34.7 Å². The molecule has 8 heteroatoms. The molecule has 0 radical (unpaired) electrons. The molecule has 0 spiro atoms. The van der Waals surface area contributed by atoms with Crippen molar-refractivity contribution in [3.05, 3.63) is 53.1 Å². The van der Waals surface area contributed by atoms with Crippen LogP contribution in [-0.4, -0.2) is 60.0 Å². The van der Waals surface area contributed by atoms with Gasteiger partial charge in [-0.3, -0.25) is 9.59 Å².